The third-order valence-electron chi connectivity index (χ3n) is 2.62. The summed E-state index contributed by atoms with van der Waals surface area (Å²) in [6.45, 7) is 4.80. The smallest absolute Gasteiger partial charge is 0.331 e. The highest BCUT2D eigenvalue weighted by atomic mass is 19.1. The number of rotatable bonds is 5. The lowest BCUT2D eigenvalue weighted by Crippen LogP contribution is -2.54. The Balaban J connectivity index is 2.97. The molecule has 1 aromatic rings. The monoisotopic (exact) mass is 267 g/mol. The minimum atomic E-state index is -1.20. The SMILES string of the molecule is CCOC(=O)C(C)(Cc1cccc(F)c1)NC(C)=O. The molecule has 0 radical (unpaired) electrons. The summed E-state index contributed by atoms with van der Waals surface area (Å²) in [7, 11) is 0. The Morgan fingerprint density at radius 3 is 2.63 bits per heavy atom. The average molecular weight is 267 g/mol. The van der Waals surface area contributed by atoms with Gasteiger partial charge in [-0.1, -0.05) is 12.1 Å². The topological polar surface area (TPSA) is 55.4 Å². The molecule has 1 N–H and O–H groups in total. The molecule has 0 spiro atoms. The van der Waals surface area contributed by atoms with Gasteiger partial charge < -0.3 is 10.1 Å². The molecular weight excluding hydrogens is 249 g/mol. The molecule has 19 heavy (non-hydrogen) atoms. The fourth-order valence-corrected chi connectivity index (χ4v) is 1.90. The van der Waals surface area contributed by atoms with Crippen molar-refractivity contribution < 1.29 is 18.7 Å². The van der Waals surface area contributed by atoms with Crippen LogP contribution in [-0.2, 0) is 20.7 Å². The molecule has 0 aliphatic rings. The van der Waals surface area contributed by atoms with Gasteiger partial charge in [0.05, 0.1) is 6.61 Å². The van der Waals surface area contributed by atoms with Crippen LogP contribution in [0.25, 0.3) is 0 Å². The van der Waals surface area contributed by atoms with Crippen LogP contribution in [0.3, 0.4) is 0 Å². The van der Waals surface area contributed by atoms with Gasteiger partial charge in [0.1, 0.15) is 11.4 Å². The first-order valence-electron chi connectivity index (χ1n) is 6.08. The van der Waals surface area contributed by atoms with E-state index < -0.39 is 11.5 Å². The highest BCUT2D eigenvalue weighted by molar-refractivity contribution is 5.87. The molecule has 0 aromatic heterocycles. The van der Waals surface area contributed by atoms with Crippen molar-refractivity contribution >= 4 is 11.9 Å². The lowest BCUT2D eigenvalue weighted by atomic mass is 9.92. The van der Waals surface area contributed by atoms with Crippen LogP contribution in [0.15, 0.2) is 24.3 Å². The van der Waals surface area contributed by atoms with Crippen LogP contribution in [0.2, 0.25) is 0 Å². The third kappa shape index (κ3) is 4.35. The van der Waals surface area contributed by atoms with Gasteiger partial charge in [-0.25, -0.2) is 9.18 Å². The van der Waals surface area contributed by atoms with Crippen molar-refractivity contribution in [1.29, 1.82) is 0 Å². The summed E-state index contributed by atoms with van der Waals surface area (Å²) in [4.78, 5) is 23.2. The Morgan fingerprint density at radius 2 is 2.11 bits per heavy atom. The van der Waals surface area contributed by atoms with Crippen LogP contribution in [0.1, 0.15) is 26.3 Å². The molecule has 0 aliphatic carbocycles. The molecule has 1 amide bonds. The Bertz CT molecular complexity index is 476. The van der Waals surface area contributed by atoms with Crippen molar-refractivity contribution in [1.82, 2.24) is 5.32 Å². The molecule has 1 rings (SSSR count). The summed E-state index contributed by atoms with van der Waals surface area (Å²) in [5.41, 5.74) is -0.584. The average Bonchev–Trinajstić information content (AvgIpc) is 2.27. The third-order valence-corrected chi connectivity index (χ3v) is 2.62. The normalized spacial score (nSPS) is 13.5. The van der Waals surface area contributed by atoms with Crippen LogP contribution in [0, 0.1) is 5.82 Å². The summed E-state index contributed by atoms with van der Waals surface area (Å²) >= 11 is 0. The predicted octanol–water partition coefficient (Wildman–Crippen LogP) is 1.83. The molecule has 5 heteroatoms. The number of benzene rings is 1. The second-order valence-corrected chi connectivity index (χ2v) is 4.54. The van der Waals surface area contributed by atoms with Crippen LogP contribution in [0.4, 0.5) is 4.39 Å². The molecular formula is C14H18FNO3. The van der Waals surface area contributed by atoms with Crippen molar-refractivity contribution in [2.24, 2.45) is 0 Å². The number of carbonyl (C=O) groups excluding carboxylic acids is 2. The van der Waals surface area contributed by atoms with Crippen LogP contribution < -0.4 is 5.32 Å². The largest absolute Gasteiger partial charge is 0.464 e. The lowest BCUT2D eigenvalue weighted by molar-refractivity contribution is -0.152. The fourth-order valence-electron chi connectivity index (χ4n) is 1.90. The zero-order valence-corrected chi connectivity index (χ0v) is 11.3. The van der Waals surface area contributed by atoms with E-state index in [0.29, 0.717) is 5.56 Å². The van der Waals surface area contributed by atoms with Crippen LogP contribution >= 0.6 is 0 Å². The summed E-state index contributed by atoms with van der Waals surface area (Å²) in [6.07, 6.45) is 0.170. The Hall–Kier alpha value is -1.91. The second-order valence-electron chi connectivity index (χ2n) is 4.54. The molecule has 4 nitrogen and oxygen atoms in total. The molecule has 1 unspecified atom stereocenters. The maximum atomic E-state index is 13.2. The summed E-state index contributed by atoms with van der Waals surface area (Å²) in [5.74, 6) is -1.26. The van der Waals surface area contributed by atoms with Gasteiger partial charge in [-0.2, -0.15) is 0 Å². The lowest BCUT2D eigenvalue weighted by Gasteiger charge is -2.28. The van der Waals surface area contributed by atoms with Crippen LogP contribution in [-0.4, -0.2) is 24.0 Å². The number of carbonyl (C=O) groups is 2. The summed E-state index contributed by atoms with van der Waals surface area (Å²) in [6, 6.07) is 5.91. The van der Waals surface area contributed by atoms with E-state index in [4.69, 9.17) is 4.74 Å². The molecule has 0 bridgehead atoms. The zero-order chi connectivity index (χ0) is 14.5. The minimum absolute atomic E-state index is 0.170. The van der Waals surface area contributed by atoms with E-state index in [-0.39, 0.29) is 24.8 Å². The quantitative estimate of drug-likeness (QED) is 0.828. The van der Waals surface area contributed by atoms with E-state index >= 15 is 0 Å². The molecule has 104 valence electrons. The number of halogens is 1. The van der Waals surface area contributed by atoms with Crippen molar-refractivity contribution in [2.75, 3.05) is 6.61 Å². The van der Waals surface area contributed by atoms with E-state index in [1.807, 2.05) is 0 Å². The number of nitrogens with one attached hydrogen (secondary N) is 1. The van der Waals surface area contributed by atoms with E-state index in [1.54, 1.807) is 26.0 Å². The Kier molecular flexibility index (Phi) is 5.03. The predicted molar refractivity (Wildman–Crippen MR) is 69.0 cm³/mol. The highest BCUT2D eigenvalue weighted by Crippen LogP contribution is 2.16. The van der Waals surface area contributed by atoms with Gasteiger partial charge in [0.25, 0.3) is 0 Å². The van der Waals surface area contributed by atoms with Gasteiger partial charge >= 0.3 is 5.97 Å². The first-order valence-corrected chi connectivity index (χ1v) is 6.08. The van der Waals surface area contributed by atoms with Crippen LogP contribution in [0.5, 0.6) is 0 Å². The molecule has 1 aromatic carbocycles. The molecule has 0 saturated heterocycles. The first-order chi connectivity index (χ1) is 8.87. The minimum Gasteiger partial charge on any atom is -0.464 e. The second kappa shape index (κ2) is 6.31. The van der Waals surface area contributed by atoms with E-state index in [0.717, 1.165) is 0 Å². The molecule has 0 aliphatic heterocycles. The Labute approximate surface area is 112 Å². The maximum Gasteiger partial charge on any atom is 0.331 e. The van der Waals surface area contributed by atoms with Gasteiger partial charge in [0.2, 0.25) is 5.91 Å². The number of amides is 1. The van der Waals surface area contributed by atoms with Crippen molar-refractivity contribution in [3.8, 4) is 0 Å². The Morgan fingerprint density at radius 1 is 1.42 bits per heavy atom. The number of hydrogen-bond donors (Lipinski definition) is 1. The van der Waals surface area contributed by atoms with E-state index in [2.05, 4.69) is 5.32 Å². The van der Waals surface area contributed by atoms with Gasteiger partial charge in [-0.3, -0.25) is 4.79 Å². The van der Waals surface area contributed by atoms with Gasteiger partial charge in [-0.15, -0.1) is 0 Å². The molecule has 0 heterocycles. The zero-order valence-electron chi connectivity index (χ0n) is 11.3. The molecule has 0 saturated carbocycles. The first kappa shape index (κ1) is 15.1. The van der Waals surface area contributed by atoms with E-state index in [1.165, 1.54) is 19.1 Å². The summed E-state index contributed by atoms with van der Waals surface area (Å²) < 4.78 is 18.1. The molecule has 0 fully saturated rings. The maximum absolute atomic E-state index is 13.2. The standard InChI is InChI=1S/C14H18FNO3/c1-4-19-13(18)14(3,16-10(2)17)9-11-6-5-7-12(15)8-11/h5-8H,4,9H2,1-3H3,(H,16,17). The van der Waals surface area contributed by atoms with E-state index in [9.17, 15) is 14.0 Å². The highest BCUT2D eigenvalue weighted by Gasteiger charge is 2.35. The summed E-state index contributed by atoms with van der Waals surface area (Å²) in [5, 5.41) is 2.57. The van der Waals surface area contributed by atoms with Crippen molar-refractivity contribution in [3.05, 3.63) is 35.6 Å². The fraction of sp³-hybridized carbons (Fsp3) is 0.429. The van der Waals surface area contributed by atoms with Gasteiger partial charge in [0.15, 0.2) is 0 Å². The number of hydrogen-bond acceptors (Lipinski definition) is 3. The van der Waals surface area contributed by atoms with Gasteiger partial charge in [0, 0.05) is 13.3 Å². The van der Waals surface area contributed by atoms with Crippen molar-refractivity contribution in [3.63, 3.8) is 0 Å². The van der Waals surface area contributed by atoms with Crippen molar-refractivity contribution in [2.45, 2.75) is 32.7 Å². The number of ether oxygens (including phenoxy) is 1. The molecule has 1 atom stereocenters. The van der Waals surface area contributed by atoms with Gasteiger partial charge in [-0.05, 0) is 31.5 Å². The number of esters is 1.